The van der Waals surface area contributed by atoms with Gasteiger partial charge in [0.2, 0.25) is 0 Å². The summed E-state index contributed by atoms with van der Waals surface area (Å²) >= 11 is 0. The largest absolute Gasteiger partial charge is 0.301 e. The van der Waals surface area contributed by atoms with Crippen LogP contribution in [-0.4, -0.2) is 9.55 Å². The lowest BCUT2D eigenvalue weighted by molar-refractivity contribution is 0.991. The molecule has 3 nitrogen and oxygen atoms in total. The first-order chi connectivity index (χ1) is 10.2. The highest BCUT2D eigenvalue weighted by Crippen LogP contribution is 2.25. The highest BCUT2D eigenvalue weighted by atomic mass is 16.1. The SMILES string of the molecule is C#C/C=C\C=C1/CC=Cn2c1nc(=O)c1ccc(C)cc12. The molecule has 0 amide bonds. The highest BCUT2D eigenvalue weighted by molar-refractivity contribution is 5.84. The standard InChI is InChI=1S/C18H14N2O/c1-3-4-5-7-14-8-6-11-20-16-12-13(2)9-10-15(16)18(21)19-17(14)20/h1,4-7,9-12H,8H2,2H3/b5-4-,14-7+. The summed E-state index contributed by atoms with van der Waals surface area (Å²) in [5.41, 5.74) is 2.77. The van der Waals surface area contributed by atoms with Crippen LogP contribution in [0.4, 0.5) is 0 Å². The third-order valence-electron chi connectivity index (χ3n) is 3.45. The Labute approximate surface area is 122 Å². The molecule has 0 fully saturated rings. The van der Waals surface area contributed by atoms with Crippen molar-refractivity contribution in [2.45, 2.75) is 13.3 Å². The normalized spacial score (nSPS) is 15.5. The van der Waals surface area contributed by atoms with Crippen molar-refractivity contribution in [3.8, 4) is 12.3 Å². The second-order valence-electron chi connectivity index (χ2n) is 4.94. The maximum Gasteiger partial charge on any atom is 0.281 e. The van der Waals surface area contributed by atoms with E-state index in [4.69, 9.17) is 6.42 Å². The average molecular weight is 274 g/mol. The van der Waals surface area contributed by atoms with Gasteiger partial charge in [0.1, 0.15) is 5.82 Å². The number of aromatic nitrogens is 2. The fraction of sp³-hybridized carbons (Fsp3) is 0.111. The summed E-state index contributed by atoms with van der Waals surface area (Å²) in [6.45, 7) is 2.01. The Morgan fingerprint density at radius 3 is 3.10 bits per heavy atom. The van der Waals surface area contributed by atoms with Gasteiger partial charge in [0.15, 0.2) is 0 Å². The highest BCUT2D eigenvalue weighted by Gasteiger charge is 2.15. The molecule has 2 heterocycles. The molecule has 0 saturated carbocycles. The number of hydrogen-bond acceptors (Lipinski definition) is 2. The van der Waals surface area contributed by atoms with Crippen molar-refractivity contribution in [2.24, 2.45) is 0 Å². The van der Waals surface area contributed by atoms with Crippen LogP contribution >= 0.6 is 0 Å². The Morgan fingerprint density at radius 1 is 1.43 bits per heavy atom. The van der Waals surface area contributed by atoms with Gasteiger partial charge in [-0.2, -0.15) is 4.98 Å². The maximum absolute atomic E-state index is 12.2. The van der Waals surface area contributed by atoms with E-state index in [1.54, 1.807) is 12.2 Å². The van der Waals surface area contributed by atoms with Crippen LogP contribution in [0.25, 0.3) is 22.7 Å². The van der Waals surface area contributed by atoms with E-state index < -0.39 is 0 Å². The molecule has 3 rings (SSSR count). The summed E-state index contributed by atoms with van der Waals surface area (Å²) in [6, 6.07) is 5.77. The van der Waals surface area contributed by atoms with Crippen molar-refractivity contribution in [3.63, 3.8) is 0 Å². The van der Waals surface area contributed by atoms with Crippen LogP contribution in [0.1, 0.15) is 17.8 Å². The fourth-order valence-corrected chi connectivity index (χ4v) is 2.46. The fourth-order valence-electron chi connectivity index (χ4n) is 2.46. The molecule has 102 valence electrons. The zero-order valence-corrected chi connectivity index (χ0v) is 11.7. The van der Waals surface area contributed by atoms with Crippen LogP contribution in [0.15, 0.2) is 47.3 Å². The van der Waals surface area contributed by atoms with E-state index in [-0.39, 0.29) is 5.56 Å². The van der Waals surface area contributed by atoms with Crippen LogP contribution in [0.3, 0.4) is 0 Å². The second kappa shape index (κ2) is 5.26. The van der Waals surface area contributed by atoms with Gasteiger partial charge in [0.25, 0.3) is 5.56 Å². The first-order valence-corrected chi connectivity index (χ1v) is 6.72. The molecule has 0 unspecified atom stereocenters. The molecule has 1 aromatic heterocycles. The smallest absolute Gasteiger partial charge is 0.281 e. The molecule has 0 N–H and O–H groups in total. The van der Waals surface area contributed by atoms with Gasteiger partial charge >= 0.3 is 0 Å². The first kappa shape index (κ1) is 13.1. The number of hydrogen-bond donors (Lipinski definition) is 0. The van der Waals surface area contributed by atoms with E-state index in [1.165, 1.54) is 0 Å². The van der Waals surface area contributed by atoms with Crippen molar-refractivity contribution in [1.29, 1.82) is 0 Å². The van der Waals surface area contributed by atoms with E-state index in [9.17, 15) is 4.79 Å². The lowest BCUT2D eigenvalue weighted by Crippen LogP contribution is -2.17. The van der Waals surface area contributed by atoms with Gasteiger partial charge in [-0.15, -0.1) is 6.42 Å². The Morgan fingerprint density at radius 2 is 2.29 bits per heavy atom. The summed E-state index contributed by atoms with van der Waals surface area (Å²) < 4.78 is 1.96. The van der Waals surface area contributed by atoms with Crippen LogP contribution in [0.2, 0.25) is 0 Å². The number of nitrogens with zero attached hydrogens (tertiary/aromatic N) is 2. The van der Waals surface area contributed by atoms with Crippen molar-refractivity contribution in [3.05, 3.63) is 64.2 Å². The third kappa shape index (κ3) is 2.32. The molecular weight excluding hydrogens is 260 g/mol. The maximum atomic E-state index is 12.2. The minimum atomic E-state index is -0.196. The molecule has 2 aromatic rings. The summed E-state index contributed by atoms with van der Waals surface area (Å²) in [4.78, 5) is 16.4. The molecule has 1 aliphatic rings. The van der Waals surface area contributed by atoms with E-state index in [2.05, 4.69) is 17.0 Å². The molecule has 1 aliphatic heterocycles. The van der Waals surface area contributed by atoms with Gasteiger partial charge in [0.05, 0.1) is 10.9 Å². The van der Waals surface area contributed by atoms with Crippen LogP contribution in [0, 0.1) is 19.3 Å². The minimum absolute atomic E-state index is 0.196. The number of terminal acetylenes is 1. The summed E-state index contributed by atoms with van der Waals surface area (Å²) in [5, 5.41) is 0.634. The van der Waals surface area contributed by atoms with Crippen molar-refractivity contribution >= 4 is 22.7 Å². The summed E-state index contributed by atoms with van der Waals surface area (Å²) in [5.74, 6) is 3.13. The van der Waals surface area contributed by atoms with Gasteiger partial charge < -0.3 is 4.57 Å². The second-order valence-corrected chi connectivity index (χ2v) is 4.94. The van der Waals surface area contributed by atoms with Crippen molar-refractivity contribution in [1.82, 2.24) is 9.55 Å². The minimum Gasteiger partial charge on any atom is -0.301 e. The van der Waals surface area contributed by atoms with E-state index in [0.29, 0.717) is 11.2 Å². The molecule has 0 spiro atoms. The number of rotatable bonds is 1. The Hall–Kier alpha value is -2.86. The Kier molecular flexibility index (Phi) is 3.29. The molecular formula is C18H14N2O. The predicted octanol–water partition coefficient (Wildman–Crippen LogP) is 3.15. The summed E-state index contributed by atoms with van der Waals surface area (Å²) in [7, 11) is 0. The summed E-state index contributed by atoms with van der Waals surface area (Å²) in [6.07, 6.45) is 15.3. The molecule has 0 saturated heterocycles. The monoisotopic (exact) mass is 274 g/mol. The molecule has 0 atom stereocenters. The molecule has 3 heteroatoms. The Bertz CT molecular complexity index is 905. The van der Waals surface area contributed by atoms with Gasteiger partial charge in [-0.3, -0.25) is 4.79 Å². The molecule has 21 heavy (non-hydrogen) atoms. The van der Waals surface area contributed by atoms with Gasteiger partial charge in [-0.05, 0) is 42.7 Å². The molecule has 0 aliphatic carbocycles. The first-order valence-electron chi connectivity index (χ1n) is 6.72. The topological polar surface area (TPSA) is 34.9 Å². The van der Waals surface area contributed by atoms with Gasteiger partial charge in [-0.25, -0.2) is 0 Å². The van der Waals surface area contributed by atoms with Crippen LogP contribution < -0.4 is 5.56 Å². The van der Waals surface area contributed by atoms with Gasteiger partial charge in [-0.1, -0.05) is 30.2 Å². The van der Waals surface area contributed by atoms with E-state index in [0.717, 1.165) is 23.1 Å². The predicted molar refractivity (Wildman–Crippen MR) is 86.6 cm³/mol. The van der Waals surface area contributed by atoms with Gasteiger partial charge in [0, 0.05) is 6.20 Å². The third-order valence-corrected chi connectivity index (χ3v) is 3.45. The zero-order valence-electron chi connectivity index (χ0n) is 11.7. The zero-order chi connectivity index (χ0) is 14.8. The van der Waals surface area contributed by atoms with Crippen molar-refractivity contribution in [2.75, 3.05) is 0 Å². The Balaban J connectivity index is 2.31. The average Bonchev–Trinajstić information content (AvgIpc) is 2.48. The number of allylic oxidation sites excluding steroid dienone is 5. The molecule has 0 bridgehead atoms. The van der Waals surface area contributed by atoms with Crippen molar-refractivity contribution < 1.29 is 0 Å². The lowest BCUT2D eigenvalue weighted by Gasteiger charge is -2.17. The van der Waals surface area contributed by atoms with Crippen LogP contribution in [0.5, 0.6) is 0 Å². The van der Waals surface area contributed by atoms with E-state index in [1.807, 2.05) is 42.0 Å². The molecule has 0 radical (unpaired) electrons. The van der Waals surface area contributed by atoms with E-state index >= 15 is 0 Å². The number of benzene rings is 1. The van der Waals surface area contributed by atoms with Crippen LogP contribution in [-0.2, 0) is 0 Å². The quantitative estimate of drug-likeness (QED) is 0.749. The number of aryl methyl sites for hydroxylation is 1. The lowest BCUT2D eigenvalue weighted by atomic mass is 10.1. The number of fused-ring (bicyclic) bond motifs is 3. The molecule has 1 aromatic carbocycles.